The number of unbranched alkanes of at least 4 members (excludes halogenated alkanes) is 8. The molecular weight excluding hydrogens is 438 g/mol. The maximum atomic E-state index is 12.6. The van der Waals surface area contributed by atoms with Crippen LogP contribution in [0.2, 0.25) is 0 Å². The number of fused-ring (bicyclic) bond motifs is 2. The van der Waals surface area contributed by atoms with E-state index in [0.29, 0.717) is 18.1 Å². The predicted octanol–water partition coefficient (Wildman–Crippen LogP) is 6.57. The minimum atomic E-state index is -1.06. The molecule has 0 radical (unpaired) electrons. The normalized spacial score (nSPS) is 28.4. The van der Waals surface area contributed by atoms with Crippen molar-refractivity contribution in [3.8, 4) is 0 Å². The molecule has 3 aliphatic rings. The van der Waals surface area contributed by atoms with Gasteiger partial charge in [-0.25, -0.2) is 4.79 Å². The van der Waals surface area contributed by atoms with Crippen molar-refractivity contribution >= 4 is 11.7 Å². The molecule has 3 fully saturated rings. The van der Waals surface area contributed by atoms with Crippen LogP contribution in [0.15, 0.2) is 29.3 Å². The highest BCUT2D eigenvalue weighted by Crippen LogP contribution is 2.61. The fourth-order valence-electron chi connectivity index (χ4n) is 5.77. The summed E-state index contributed by atoms with van der Waals surface area (Å²) >= 11 is 0. The summed E-state index contributed by atoms with van der Waals surface area (Å²) in [5.41, 5.74) is -0.358. The molecule has 0 heterocycles. The largest absolute Gasteiger partial charge is 0.464 e. The molecule has 0 aromatic heterocycles. The Bertz CT molecular complexity index is 737. The Hall–Kier alpha value is -1.46. The molecule has 3 rings (SSSR count). The van der Waals surface area contributed by atoms with E-state index in [9.17, 15) is 15.0 Å². The SMILES string of the molecule is CCCCCC/C=C\CCCCC/C=C/[C@@H](O)[C@@H](N=C1CC2CC(C2(C)C)[C@@]1(C)O)C(=O)OCC. The fourth-order valence-corrected chi connectivity index (χ4v) is 5.77. The first kappa shape index (κ1) is 29.8. The van der Waals surface area contributed by atoms with Crippen molar-refractivity contribution in [2.75, 3.05) is 6.61 Å². The number of allylic oxidation sites excluding steroid dienone is 3. The summed E-state index contributed by atoms with van der Waals surface area (Å²) in [4.78, 5) is 17.2. The average Bonchev–Trinajstić information content (AvgIpc) is 2.80. The summed E-state index contributed by atoms with van der Waals surface area (Å²) in [5.74, 6) is 0.0461. The third-order valence-electron chi connectivity index (χ3n) is 8.29. The van der Waals surface area contributed by atoms with E-state index in [-0.39, 0.29) is 17.9 Å². The molecular formula is C30H51NO4. The van der Waals surface area contributed by atoms with E-state index in [4.69, 9.17) is 4.74 Å². The standard InChI is InChI=1S/C30H51NO4/c1-6-8-9-10-11-12-13-14-15-16-17-18-19-20-24(32)27(28(33)35-7-2)31-26-22-23-21-25(29(23,3)4)30(26,5)34/h12-13,19-20,23-25,27,32,34H,6-11,14-18,21-22H2,1-5H3/b13-12-,20-19+,31-26?/t23?,24-,25?,27-,30-/m1/s1. The molecule has 0 saturated heterocycles. The predicted molar refractivity (Wildman–Crippen MR) is 145 cm³/mol. The zero-order chi connectivity index (χ0) is 25.9. The summed E-state index contributed by atoms with van der Waals surface area (Å²) in [6, 6.07) is -1.03. The number of aliphatic imine (C=N–C) groups is 1. The first-order valence-electron chi connectivity index (χ1n) is 14.1. The van der Waals surface area contributed by atoms with Crippen LogP contribution in [0.25, 0.3) is 0 Å². The van der Waals surface area contributed by atoms with Crippen LogP contribution in [0.1, 0.15) is 112 Å². The van der Waals surface area contributed by atoms with E-state index in [1.54, 1.807) is 19.9 Å². The van der Waals surface area contributed by atoms with Gasteiger partial charge in [0.1, 0.15) is 11.7 Å². The topological polar surface area (TPSA) is 79.1 Å². The maximum Gasteiger partial charge on any atom is 0.333 e. The fraction of sp³-hybridized carbons (Fsp3) is 0.800. The van der Waals surface area contributed by atoms with E-state index >= 15 is 0 Å². The van der Waals surface area contributed by atoms with Crippen LogP contribution in [0.3, 0.4) is 0 Å². The summed E-state index contributed by atoms with van der Waals surface area (Å²) in [5, 5.41) is 22.0. The average molecular weight is 490 g/mol. The van der Waals surface area contributed by atoms with Gasteiger partial charge in [-0.3, -0.25) is 4.99 Å². The third kappa shape index (κ3) is 8.28. The number of aliphatic hydroxyl groups excluding tert-OH is 1. The van der Waals surface area contributed by atoms with Crippen molar-refractivity contribution in [3.63, 3.8) is 0 Å². The smallest absolute Gasteiger partial charge is 0.333 e. The molecule has 2 unspecified atom stereocenters. The summed E-state index contributed by atoms with van der Waals surface area (Å²) < 4.78 is 5.20. The number of hydrogen-bond donors (Lipinski definition) is 2. The van der Waals surface area contributed by atoms with Crippen molar-refractivity contribution in [2.24, 2.45) is 22.2 Å². The molecule has 0 amide bonds. The molecule has 0 aromatic rings. The lowest BCUT2D eigenvalue weighted by atomic mass is 9.44. The molecule has 0 aliphatic heterocycles. The second-order valence-electron chi connectivity index (χ2n) is 11.3. The maximum absolute atomic E-state index is 12.6. The Labute approximate surface area is 214 Å². The molecule has 5 nitrogen and oxygen atoms in total. The lowest BCUT2D eigenvalue weighted by Crippen LogP contribution is -2.65. The highest BCUT2D eigenvalue weighted by atomic mass is 16.5. The molecule has 0 spiro atoms. The van der Waals surface area contributed by atoms with Gasteiger partial charge in [0.25, 0.3) is 0 Å². The Morgan fingerprint density at radius 3 is 2.17 bits per heavy atom. The van der Waals surface area contributed by atoms with Gasteiger partial charge in [0, 0.05) is 5.71 Å². The number of hydrogen-bond acceptors (Lipinski definition) is 5. The lowest BCUT2D eigenvalue weighted by molar-refractivity contribution is -0.147. The molecule has 5 atom stereocenters. The third-order valence-corrected chi connectivity index (χ3v) is 8.29. The first-order valence-corrected chi connectivity index (χ1v) is 14.1. The second-order valence-corrected chi connectivity index (χ2v) is 11.3. The van der Waals surface area contributed by atoms with Gasteiger partial charge in [-0.05, 0) is 82.5 Å². The van der Waals surface area contributed by atoms with Gasteiger partial charge in [0.15, 0.2) is 6.04 Å². The molecule has 200 valence electrons. The van der Waals surface area contributed by atoms with Crippen molar-refractivity contribution in [2.45, 2.75) is 129 Å². The van der Waals surface area contributed by atoms with E-state index in [1.165, 1.54) is 38.5 Å². The minimum Gasteiger partial charge on any atom is -0.464 e. The number of carbonyl (C=O) groups excluding carboxylic acids is 1. The minimum absolute atomic E-state index is 0.0743. The number of esters is 1. The van der Waals surface area contributed by atoms with Crippen LogP contribution in [0.4, 0.5) is 0 Å². The van der Waals surface area contributed by atoms with Crippen LogP contribution in [0, 0.1) is 17.3 Å². The zero-order valence-electron chi connectivity index (χ0n) is 23.0. The molecule has 0 aromatic carbocycles. The van der Waals surface area contributed by atoms with Crippen LogP contribution >= 0.6 is 0 Å². The van der Waals surface area contributed by atoms with Crippen LogP contribution < -0.4 is 0 Å². The lowest BCUT2D eigenvalue weighted by Gasteiger charge is -2.62. The zero-order valence-corrected chi connectivity index (χ0v) is 23.0. The van der Waals surface area contributed by atoms with Crippen LogP contribution in [-0.2, 0) is 9.53 Å². The Kier molecular flexibility index (Phi) is 12.2. The van der Waals surface area contributed by atoms with Gasteiger partial charge in [-0.1, -0.05) is 70.8 Å². The Morgan fingerprint density at radius 2 is 1.63 bits per heavy atom. The molecule has 2 N–H and O–H groups in total. The van der Waals surface area contributed by atoms with Gasteiger partial charge >= 0.3 is 5.97 Å². The van der Waals surface area contributed by atoms with Gasteiger partial charge in [0.05, 0.1) is 6.61 Å². The molecule has 3 saturated carbocycles. The van der Waals surface area contributed by atoms with E-state index in [2.05, 4.69) is 37.9 Å². The van der Waals surface area contributed by atoms with Crippen molar-refractivity contribution in [1.82, 2.24) is 0 Å². The van der Waals surface area contributed by atoms with Crippen LogP contribution in [0.5, 0.6) is 0 Å². The number of carbonyl (C=O) groups is 1. The number of ether oxygens (including phenoxy) is 1. The monoisotopic (exact) mass is 489 g/mol. The van der Waals surface area contributed by atoms with Crippen molar-refractivity contribution in [3.05, 3.63) is 24.3 Å². The van der Waals surface area contributed by atoms with Gasteiger partial charge in [-0.15, -0.1) is 0 Å². The Morgan fingerprint density at radius 1 is 1.03 bits per heavy atom. The van der Waals surface area contributed by atoms with Crippen molar-refractivity contribution in [1.29, 1.82) is 0 Å². The first-order chi connectivity index (χ1) is 16.7. The van der Waals surface area contributed by atoms with Gasteiger partial charge in [0.2, 0.25) is 0 Å². The number of aliphatic hydroxyl groups is 2. The van der Waals surface area contributed by atoms with Crippen LogP contribution in [-0.4, -0.2) is 46.2 Å². The summed E-state index contributed by atoms with van der Waals surface area (Å²) in [6.45, 7) is 10.4. The molecule has 5 heteroatoms. The highest BCUT2D eigenvalue weighted by molar-refractivity contribution is 5.96. The highest BCUT2D eigenvalue weighted by Gasteiger charge is 2.61. The van der Waals surface area contributed by atoms with Gasteiger partial charge < -0.3 is 14.9 Å². The molecule has 3 aliphatic carbocycles. The number of nitrogens with zero attached hydrogens (tertiary/aromatic N) is 1. The Balaban J connectivity index is 1.81. The van der Waals surface area contributed by atoms with E-state index in [0.717, 1.165) is 32.1 Å². The molecule has 35 heavy (non-hydrogen) atoms. The molecule has 2 bridgehead atoms. The number of rotatable bonds is 16. The van der Waals surface area contributed by atoms with E-state index in [1.807, 2.05) is 6.08 Å². The second kappa shape index (κ2) is 14.3. The summed E-state index contributed by atoms with van der Waals surface area (Å²) in [6.07, 6.45) is 20.6. The quantitative estimate of drug-likeness (QED) is 0.146. The summed E-state index contributed by atoms with van der Waals surface area (Å²) in [7, 11) is 0. The van der Waals surface area contributed by atoms with Gasteiger partial charge in [-0.2, -0.15) is 0 Å². The van der Waals surface area contributed by atoms with Crippen molar-refractivity contribution < 1.29 is 19.7 Å². The van der Waals surface area contributed by atoms with E-state index < -0.39 is 23.7 Å².